The van der Waals surface area contributed by atoms with Crippen LogP contribution < -0.4 is 10.6 Å². The Hall–Kier alpha value is -3.54. The number of aromatic nitrogens is 3. The van der Waals surface area contributed by atoms with Crippen molar-refractivity contribution < 1.29 is 27.5 Å². The Balaban J connectivity index is 2.20. The van der Waals surface area contributed by atoms with Gasteiger partial charge in [-0.15, -0.1) is 11.3 Å². The molecule has 2 amide bonds. The minimum Gasteiger partial charge on any atom is -0.465 e. The standard InChI is InChI=1S/C21H20F3N5O3S/c1-4-15-12(6-11(8-26-15)19(30)32-3)14-9-27-17(29-20(31)25-5-2)7-13(14)18-28-16(10-33-18)21(22,23)24/h6-10H,4-5H2,1-3H3,(H2,25,27,29,31). The molecule has 0 aliphatic heterocycles. The molecule has 3 aromatic rings. The number of amides is 2. The van der Waals surface area contributed by atoms with Gasteiger partial charge in [0.2, 0.25) is 0 Å². The number of hydrogen-bond donors (Lipinski definition) is 2. The van der Waals surface area contributed by atoms with Crippen molar-refractivity contribution in [2.75, 3.05) is 19.0 Å². The fourth-order valence-corrected chi connectivity index (χ4v) is 3.86. The number of thiazole rings is 1. The van der Waals surface area contributed by atoms with Crippen LogP contribution in [0, 0.1) is 0 Å². The van der Waals surface area contributed by atoms with Gasteiger partial charge in [0.15, 0.2) is 5.69 Å². The Morgan fingerprint density at radius 3 is 2.45 bits per heavy atom. The van der Waals surface area contributed by atoms with Crippen molar-refractivity contribution in [2.45, 2.75) is 26.4 Å². The number of hydrogen-bond acceptors (Lipinski definition) is 7. The number of carbonyl (C=O) groups excluding carboxylic acids is 2. The molecule has 3 aromatic heterocycles. The van der Waals surface area contributed by atoms with E-state index in [2.05, 4.69) is 25.6 Å². The second kappa shape index (κ2) is 9.94. The Bertz CT molecular complexity index is 1180. The van der Waals surface area contributed by atoms with Gasteiger partial charge in [-0.25, -0.2) is 19.6 Å². The molecular formula is C21H20F3N5O3S. The molecule has 3 rings (SSSR count). The van der Waals surface area contributed by atoms with Crippen molar-refractivity contribution in [2.24, 2.45) is 0 Å². The van der Waals surface area contributed by atoms with Gasteiger partial charge in [-0.05, 0) is 25.5 Å². The van der Waals surface area contributed by atoms with Crippen LogP contribution in [0.2, 0.25) is 0 Å². The van der Waals surface area contributed by atoms with E-state index in [0.29, 0.717) is 35.3 Å². The van der Waals surface area contributed by atoms with Gasteiger partial charge in [0.1, 0.15) is 10.8 Å². The van der Waals surface area contributed by atoms with Crippen molar-refractivity contribution >= 4 is 29.2 Å². The largest absolute Gasteiger partial charge is 0.465 e. The zero-order valence-electron chi connectivity index (χ0n) is 17.9. The van der Waals surface area contributed by atoms with Crippen LogP contribution in [0.15, 0.2) is 29.9 Å². The second-order valence-electron chi connectivity index (χ2n) is 6.70. The van der Waals surface area contributed by atoms with Crippen LogP contribution in [0.3, 0.4) is 0 Å². The van der Waals surface area contributed by atoms with Gasteiger partial charge in [-0.1, -0.05) is 6.92 Å². The topological polar surface area (TPSA) is 106 Å². The van der Waals surface area contributed by atoms with Crippen LogP contribution in [0.1, 0.15) is 35.6 Å². The summed E-state index contributed by atoms with van der Waals surface area (Å²) >= 11 is 0.805. The molecule has 12 heteroatoms. The highest BCUT2D eigenvalue weighted by molar-refractivity contribution is 7.13. The summed E-state index contributed by atoms with van der Waals surface area (Å²) in [7, 11) is 1.23. The lowest BCUT2D eigenvalue weighted by Gasteiger charge is -2.14. The van der Waals surface area contributed by atoms with Crippen molar-refractivity contribution in [1.82, 2.24) is 20.3 Å². The minimum absolute atomic E-state index is 0.0733. The van der Waals surface area contributed by atoms with Gasteiger partial charge in [0.25, 0.3) is 0 Å². The van der Waals surface area contributed by atoms with Crippen LogP contribution in [0.25, 0.3) is 21.7 Å². The molecule has 0 unspecified atom stereocenters. The van der Waals surface area contributed by atoms with E-state index in [4.69, 9.17) is 4.74 Å². The molecule has 0 saturated carbocycles. The smallest absolute Gasteiger partial charge is 0.434 e. The summed E-state index contributed by atoms with van der Waals surface area (Å²) < 4.78 is 44.3. The summed E-state index contributed by atoms with van der Waals surface area (Å²) in [6.07, 6.45) is -1.34. The fourth-order valence-electron chi connectivity index (χ4n) is 3.00. The lowest BCUT2D eigenvalue weighted by molar-refractivity contribution is -0.140. The highest BCUT2D eigenvalue weighted by Gasteiger charge is 2.34. The summed E-state index contributed by atoms with van der Waals surface area (Å²) in [4.78, 5) is 36.2. The Morgan fingerprint density at radius 2 is 1.85 bits per heavy atom. The molecule has 0 aliphatic rings. The Labute approximate surface area is 191 Å². The molecule has 8 nitrogen and oxygen atoms in total. The number of anilines is 1. The molecule has 0 spiro atoms. The molecule has 0 saturated heterocycles. The van der Waals surface area contributed by atoms with Crippen molar-refractivity contribution in [1.29, 1.82) is 0 Å². The van der Waals surface area contributed by atoms with E-state index in [1.165, 1.54) is 25.6 Å². The van der Waals surface area contributed by atoms with Gasteiger partial charge in [0.05, 0.1) is 12.7 Å². The summed E-state index contributed by atoms with van der Waals surface area (Å²) in [5.41, 5.74) is 0.959. The van der Waals surface area contributed by atoms with Gasteiger partial charge in [-0.2, -0.15) is 13.2 Å². The first-order chi connectivity index (χ1) is 15.7. The van der Waals surface area contributed by atoms with E-state index in [-0.39, 0.29) is 16.4 Å². The highest BCUT2D eigenvalue weighted by atomic mass is 32.1. The number of nitrogens with one attached hydrogen (secondary N) is 2. The quantitative estimate of drug-likeness (QED) is 0.493. The number of urea groups is 1. The molecule has 0 aromatic carbocycles. The molecule has 2 N–H and O–H groups in total. The number of carbonyl (C=O) groups is 2. The van der Waals surface area contributed by atoms with Gasteiger partial charge < -0.3 is 10.1 Å². The lowest BCUT2D eigenvalue weighted by atomic mass is 9.98. The van der Waals surface area contributed by atoms with Crippen LogP contribution >= 0.6 is 11.3 Å². The molecule has 33 heavy (non-hydrogen) atoms. The maximum Gasteiger partial charge on any atom is 0.434 e. The molecule has 0 bridgehead atoms. The van der Waals surface area contributed by atoms with Gasteiger partial charge in [0, 0.05) is 46.7 Å². The molecule has 0 radical (unpaired) electrons. The summed E-state index contributed by atoms with van der Waals surface area (Å²) in [5.74, 6) is -0.484. The third-order valence-electron chi connectivity index (χ3n) is 4.52. The van der Waals surface area contributed by atoms with Crippen LogP contribution in [0.4, 0.5) is 23.8 Å². The molecule has 3 heterocycles. The van der Waals surface area contributed by atoms with E-state index in [0.717, 1.165) is 16.7 Å². The highest BCUT2D eigenvalue weighted by Crippen LogP contribution is 2.39. The summed E-state index contributed by atoms with van der Waals surface area (Å²) in [5, 5.41) is 6.09. The third-order valence-corrected chi connectivity index (χ3v) is 5.40. The maximum atomic E-state index is 13.2. The SMILES string of the molecule is CCNC(=O)Nc1cc(-c2nc(C(F)(F)F)cs2)c(-c2cc(C(=O)OC)cnc2CC)cn1. The Kier molecular flexibility index (Phi) is 7.26. The molecule has 0 atom stereocenters. The number of halogens is 3. The molecule has 0 aliphatic carbocycles. The first-order valence-corrected chi connectivity index (χ1v) is 10.7. The number of esters is 1. The maximum absolute atomic E-state index is 13.2. The number of methoxy groups -OCH3 is 1. The Morgan fingerprint density at radius 1 is 1.09 bits per heavy atom. The fraction of sp³-hybridized carbons (Fsp3) is 0.286. The van der Waals surface area contributed by atoms with E-state index in [1.54, 1.807) is 13.0 Å². The van der Waals surface area contributed by atoms with E-state index in [1.807, 2.05) is 6.92 Å². The second-order valence-corrected chi connectivity index (χ2v) is 7.56. The predicted molar refractivity (Wildman–Crippen MR) is 117 cm³/mol. The number of pyridine rings is 2. The van der Waals surface area contributed by atoms with Crippen molar-refractivity contribution in [3.63, 3.8) is 0 Å². The number of rotatable bonds is 6. The number of aryl methyl sites for hydroxylation is 1. The number of nitrogens with zero attached hydrogens (tertiary/aromatic N) is 3. The van der Waals surface area contributed by atoms with Gasteiger partial charge >= 0.3 is 18.2 Å². The lowest BCUT2D eigenvalue weighted by Crippen LogP contribution is -2.28. The predicted octanol–water partition coefficient (Wildman–Crippen LogP) is 4.78. The molecule has 0 fully saturated rings. The normalized spacial score (nSPS) is 11.2. The van der Waals surface area contributed by atoms with E-state index >= 15 is 0 Å². The van der Waals surface area contributed by atoms with Crippen molar-refractivity contribution in [3.05, 3.63) is 46.9 Å². The summed E-state index contributed by atoms with van der Waals surface area (Å²) in [6, 6.07) is 2.48. The first-order valence-electron chi connectivity index (χ1n) is 9.83. The average Bonchev–Trinajstić information content (AvgIpc) is 3.29. The van der Waals surface area contributed by atoms with Crippen molar-refractivity contribution in [3.8, 4) is 21.7 Å². The number of alkyl halides is 3. The van der Waals surface area contributed by atoms with Crippen LogP contribution in [-0.2, 0) is 17.3 Å². The third kappa shape index (κ3) is 5.45. The van der Waals surface area contributed by atoms with Gasteiger partial charge in [-0.3, -0.25) is 10.3 Å². The van der Waals surface area contributed by atoms with E-state index in [9.17, 15) is 22.8 Å². The van der Waals surface area contributed by atoms with Crippen LogP contribution in [0.5, 0.6) is 0 Å². The molecular weight excluding hydrogens is 459 g/mol. The monoisotopic (exact) mass is 479 g/mol. The summed E-state index contributed by atoms with van der Waals surface area (Å²) in [6.45, 7) is 3.97. The van der Waals surface area contributed by atoms with E-state index < -0.39 is 23.9 Å². The van der Waals surface area contributed by atoms with Crippen LogP contribution in [-0.4, -0.2) is 40.6 Å². The minimum atomic E-state index is -4.61. The first kappa shape index (κ1) is 24.1. The average molecular weight is 479 g/mol. The zero-order valence-corrected chi connectivity index (χ0v) is 18.7. The zero-order chi connectivity index (χ0) is 24.2. The number of ether oxygens (including phenoxy) is 1. The molecule has 174 valence electrons.